The van der Waals surface area contributed by atoms with E-state index in [4.69, 9.17) is 0 Å². The maximum atomic E-state index is 13.3. The second kappa shape index (κ2) is 7.57. The number of hydrogen-bond acceptors (Lipinski definition) is 2. The van der Waals surface area contributed by atoms with E-state index in [1.54, 1.807) is 6.54 Å². The third-order valence-corrected chi connectivity index (χ3v) is 2.43. The first-order chi connectivity index (χ1) is 9.40. The average molecular weight is 283 g/mol. The highest BCUT2D eigenvalue weighted by Gasteiger charge is 2.13. The van der Waals surface area contributed by atoms with Gasteiger partial charge in [0, 0.05) is 6.54 Å². The maximum Gasteiger partial charge on any atom is 0.254 e. The van der Waals surface area contributed by atoms with Crippen molar-refractivity contribution in [1.29, 1.82) is 0 Å². The molecule has 1 radical (unpaired) electrons. The monoisotopic (exact) mass is 283 g/mol. The second-order valence-corrected chi connectivity index (χ2v) is 4.71. The Balaban J connectivity index is 2.43. The van der Waals surface area contributed by atoms with E-state index in [0.29, 0.717) is 12.3 Å². The topological polar surface area (TPSA) is 58.2 Å². The molecule has 2 amide bonds. The lowest BCUT2D eigenvalue weighted by molar-refractivity contribution is -0.119. The fourth-order valence-corrected chi connectivity index (χ4v) is 1.39. The number of benzene rings is 1. The molecule has 0 aliphatic heterocycles. The van der Waals surface area contributed by atoms with Gasteiger partial charge >= 0.3 is 0 Å². The fraction of sp³-hybridized carbons (Fsp3) is 0.357. The molecule has 0 fully saturated rings. The number of halogens is 2. The molecule has 0 saturated heterocycles. The van der Waals surface area contributed by atoms with Gasteiger partial charge < -0.3 is 10.6 Å². The zero-order chi connectivity index (χ0) is 15.1. The van der Waals surface area contributed by atoms with E-state index < -0.39 is 29.0 Å². The van der Waals surface area contributed by atoms with Gasteiger partial charge in [-0.15, -0.1) is 0 Å². The molecule has 20 heavy (non-hydrogen) atoms. The van der Waals surface area contributed by atoms with Crippen molar-refractivity contribution in [1.82, 2.24) is 10.6 Å². The van der Waals surface area contributed by atoms with Crippen LogP contribution in [0.25, 0.3) is 0 Å². The Hall–Kier alpha value is -1.98. The number of rotatable bonds is 6. The quantitative estimate of drug-likeness (QED) is 0.839. The van der Waals surface area contributed by atoms with Gasteiger partial charge in [-0.2, -0.15) is 0 Å². The van der Waals surface area contributed by atoms with E-state index in [2.05, 4.69) is 10.6 Å². The first-order valence-electron chi connectivity index (χ1n) is 6.24. The molecule has 0 atom stereocenters. The van der Waals surface area contributed by atoms with Gasteiger partial charge in [-0.25, -0.2) is 8.78 Å². The summed E-state index contributed by atoms with van der Waals surface area (Å²) >= 11 is 0. The molecule has 1 rings (SSSR count). The van der Waals surface area contributed by atoms with Crippen LogP contribution in [0.5, 0.6) is 0 Å². The highest BCUT2D eigenvalue weighted by Crippen LogP contribution is 2.09. The third-order valence-electron chi connectivity index (χ3n) is 2.43. The van der Waals surface area contributed by atoms with E-state index in [1.807, 2.05) is 13.8 Å². The van der Waals surface area contributed by atoms with Gasteiger partial charge in [-0.3, -0.25) is 9.59 Å². The summed E-state index contributed by atoms with van der Waals surface area (Å²) in [4.78, 5) is 23.0. The smallest absolute Gasteiger partial charge is 0.254 e. The van der Waals surface area contributed by atoms with Crippen molar-refractivity contribution in [3.63, 3.8) is 0 Å². The molecule has 0 heterocycles. The van der Waals surface area contributed by atoms with Gasteiger partial charge in [0.25, 0.3) is 5.91 Å². The van der Waals surface area contributed by atoms with Crippen LogP contribution in [0.3, 0.4) is 0 Å². The molecule has 109 valence electrons. The van der Waals surface area contributed by atoms with Crippen molar-refractivity contribution in [3.8, 4) is 0 Å². The van der Waals surface area contributed by atoms with Crippen LogP contribution in [0.15, 0.2) is 18.2 Å². The Kier molecular flexibility index (Phi) is 6.09. The summed E-state index contributed by atoms with van der Waals surface area (Å²) in [6.45, 7) is 5.29. The molecule has 0 unspecified atom stereocenters. The van der Waals surface area contributed by atoms with Gasteiger partial charge in [-0.1, -0.05) is 13.8 Å². The van der Waals surface area contributed by atoms with Crippen LogP contribution in [-0.4, -0.2) is 18.4 Å². The van der Waals surface area contributed by atoms with Crippen LogP contribution in [0, 0.1) is 24.1 Å². The Bertz CT molecular complexity index is 490. The predicted molar refractivity (Wildman–Crippen MR) is 70.6 cm³/mol. The van der Waals surface area contributed by atoms with Crippen LogP contribution < -0.4 is 10.6 Å². The normalized spacial score (nSPS) is 10.4. The SMILES string of the molecule is CC(C)C[CH]NC(=O)CNC(=O)c1cc(F)ccc1F. The molecule has 0 aliphatic rings. The first kappa shape index (κ1) is 16.1. The lowest BCUT2D eigenvalue weighted by atomic mass is 10.1. The lowest BCUT2D eigenvalue weighted by Crippen LogP contribution is -2.36. The van der Waals surface area contributed by atoms with Crippen molar-refractivity contribution in [2.45, 2.75) is 20.3 Å². The van der Waals surface area contributed by atoms with Crippen molar-refractivity contribution in [2.24, 2.45) is 5.92 Å². The number of amides is 2. The summed E-state index contributed by atoms with van der Waals surface area (Å²) in [6.07, 6.45) is 0.707. The Morgan fingerprint density at radius 3 is 2.65 bits per heavy atom. The molecule has 0 saturated carbocycles. The molecule has 6 heteroatoms. The van der Waals surface area contributed by atoms with E-state index in [9.17, 15) is 18.4 Å². The highest BCUT2D eigenvalue weighted by atomic mass is 19.1. The summed E-state index contributed by atoms with van der Waals surface area (Å²) in [5, 5.41) is 4.73. The van der Waals surface area contributed by atoms with E-state index in [0.717, 1.165) is 18.2 Å². The van der Waals surface area contributed by atoms with E-state index >= 15 is 0 Å². The molecule has 0 aliphatic carbocycles. The fourth-order valence-electron chi connectivity index (χ4n) is 1.39. The standard InChI is InChI=1S/C14H17F2N2O2/c1-9(2)5-6-17-13(19)8-18-14(20)11-7-10(15)3-4-12(11)16/h3-4,6-7,9H,5,8H2,1-2H3,(H,17,19)(H,18,20). The Labute approximate surface area is 116 Å². The molecule has 0 aromatic heterocycles. The van der Waals surface area contributed by atoms with Gasteiger partial charge in [0.2, 0.25) is 5.91 Å². The molecule has 2 N–H and O–H groups in total. The third kappa shape index (κ3) is 5.34. The number of hydrogen-bond donors (Lipinski definition) is 2. The summed E-state index contributed by atoms with van der Waals surface area (Å²) in [6, 6.07) is 2.56. The minimum absolute atomic E-state index is 0.302. The average Bonchev–Trinajstić information content (AvgIpc) is 2.38. The van der Waals surface area contributed by atoms with Crippen LogP contribution in [0.1, 0.15) is 30.6 Å². The van der Waals surface area contributed by atoms with Gasteiger partial charge in [-0.05, 0) is 30.5 Å². The first-order valence-corrected chi connectivity index (χ1v) is 6.24. The number of nitrogens with one attached hydrogen (secondary N) is 2. The van der Waals surface area contributed by atoms with E-state index in [-0.39, 0.29) is 6.54 Å². The lowest BCUT2D eigenvalue weighted by Gasteiger charge is -2.08. The van der Waals surface area contributed by atoms with Crippen molar-refractivity contribution in [3.05, 3.63) is 41.9 Å². The zero-order valence-electron chi connectivity index (χ0n) is 11.4. The molecule has 4 nitrogen and oxygen atoms in total. The summed E-state index contributed by atoms with van der Waals surface area (Å²) < 4.78 is 26.2. The summed E-state index contributed by atoms with van der Waals surface area (Å²) in [5.74, 6) is -2.40. The van der Waals surface area contributed by atoms with Crippen LogP contribution in [0.4, 0.5) is 8.78 Å². The van der Waals surface area contributed by atoms with Crippen LogP contribution in [0.2, 0.25) is 0 Å². The zero-order valence-corrected chi connectivity index (χ0v) is 11.4. The largest absolute Gasteiger partial charge is 0.350 e. The van der Waals surface area contributed by atoms with E-state index in [1.165, 1.54) is 0 Å². The van der Waals surface area contributed by atoms with Crippen molar-refractivity contribution >= 4 is 11.8 Å². The Morgan fingerprint density at radius 1 is 1.30 bits per heavy atom. The Morgan fingerprint density at radius 2 is 2.00 bits per heavy atom. The molecule has 0 bridgehead atoms. The number of carbonyl (C=O) groups is 2. The molecule has 1 aromatic carbocycles. The summed E-state index contributed by atoms with van der Waals surface area (Å²) in [5.41, 5.74) is -0.427. The van der Waals surface area contributed by atoms with Crippen LogP contribution >= 0.6 is 0 Å². The maximum absolute atomic E-state index is 13.3. The highest BCUT2D eigenvalue weighted by molar-refractivity contribution is 5.96. The van der Waals surface area contributed by atoms with Gasteiger partial charge in [0.1, 0.15) is 11.6 Å². The van der Waals surface area contributed by atoms with Crippen LogP contribution in [-0.2, 0) is 4.79 Å². The predicted octanol–water partition coefficient (Wildman–Crippen LogP) is 2.02. The molecular formula is C14H17F2N2O2. The summed E-state index contributed by atoms with van der Waals surface area (Å²) in [7, 11) is 0. The molecule has 1 aromatic rings. The molecular weight excluding hydrogens is 266 g/mol. The van der Waals surface area contributed by atoms with Gasteiger partial charge in [0.15, 0.2) is 0 Å². The second-order valence-electron chi connectivity index (χ2n) is 4.71. The minimum Gasteiger partial charge on any atom is -0.350 e. The van der Waals surface area contributed by atoms with Gasteiger partial charge in [0.05, 0.1) is 12.1 Å². The van der Waals surface area contributed by atoms with Crippen molar-refractivity contribution < 1.29 is 18.4 Å². The minimum atomic E-state index is -0.837. The molecule has 0 spiro atoms. The van der Waals surface area contributed by atoms with Crippen molar-refractivity contribution in [2.75, 3.05) is 6.54 Å². The number of carbonyl (C=O) groups excluding carboxylic acids is 2.